The lowest BCUT2D eigenvalue weighted by molar-refractivity contribution is 0.00751. The van der Waals surface area contributed by atoms with Gasteiger partial charge in [0, 0.05) is 23.4 Å². The Labute approximate surface area is 195 Å². The molecule has 0 bridgehead atoms. The van der Waals surface area contributed by atoms with E-state index in [1.54, 1.807) is 48.9 Å². The topological polar surface area (TPSA) is 119 Å². The minimum Gasteiger partial charge on any atom is -0.497 e. The Balaban J connectivity index is 1.21. The number of carbonyl (C=O) groups is 1. The molecule has 1 aromatic carbocycles. The lowest BCUT2D eigenvalue weighted by Crippen LogP contribution is -2.35. The van der Waals surface area contributed by atoms with E-state index in [1.807, 2.05) is 0 Å². The van der Waals surface area contributed by atoms with Crippen LogP contribution in [-0.4, -0.2) is 77.3 Å². The van der Waals surface area contributed by atoms with Crippen LogP contribution >= 0.6 is 11.8 Å². The molecule has 1 aliphatic carbocycles. The second-order valence-corrected chi connectivity index (χ2v) is 9.53. The Hall–Kier alpha value is -2.57. The van der Waals surface area contributed by atoms with Crippen molar-refractivity contribution in [2.75, 3.05) is 32.8 Å². The summed E-state index contributed by atoms with van der Waals surface area (Å²) in [6.07, 6.45) is 3.07. The fourth-order valence-corrected chi connectivity index (χ4v) is 5.78. The molecule has 1 N–H and O–H groups in total. The first-order valence-electron chi connectivity index (χ1n) is 11.0. The van der Waals surface area contributed by atoms with Gasteiger partial charge in [0.25, 0.3) is 0 Å². The number of fused-ring (bicyclic) bond motifs is 1. The van der Waals surface area contributed by atoms with E-state index in [-0.39, 0.29) is 24.9 Å². The van der Waals surface area contributed by atoms with Crippen LogP contribution in [0.25, 0.3) is 0 Å². The van der Waals surface area contributed by atoms with Crippen LogP contribution in [0.1, 0.15) is 31.7 Å². The van der Waals surface area contributed by atoms with E-state index in [2.05, 4.69) is 20.8 Å². The summed E-state index contributed by atoms with van der Waals surface area (Å²) in [7, 11) is 3.09. The summed E-state index contributed by atoms with van der Waals surface area (Å²) in [6, 6.07) is 4.92. The van der Waals surface area contributed by atoms with Crippen molar-refractivity contribution in [3.63, 3.8) is 0 Å². The molecule has 1 saturated carbocycles. The maximum Gasteiger partial charge on any atom is 0.412 e. The van der Waals surface area contributed by atoms with Crippen LogP contribution in [0.4, 0.5) is 10.5 Å². The highest BCUT2D eigenvalue weighted by atomic mass is 32.2. The van der Waals surface area contributed by atoms with Gasteiger partial charge in [0.2, 0.25) is 5.16 Å². The van der Waals surface area contributed by atoms with Gasteiger partial charge in [0.05, 0.1) is 33.1 Å². The van der Waals surface area contributed by atoms with Crippen LogP contribution in [-0.2, 0) is 14.2 Å². The van der Waals surface area contributed by atoms with Gasteiger partial charge in [-0.15, -0.1) is 5.10 Å². The van der Waals surface area contributed by atoms with Gasteiger partial charge in [0.15, 0.2) is 6.10 Å². The van der Waals surface area contributed by atoms with Crippen molar-refractivity contribution >= 4 is 23.5 Å². The fraction of sp³-hybridized carbons (Fsp3) is 0.619. The minimum atomic E-state index is -0.605. The monoisotopic (exact) mass is 477 g/mol. The number of nitrogens with one attached hydrogen (secondary N) is 1. The summed E-state index contributed by atoms with van der Waals surface area (Å²) in [6.45, 7) is 0.640. The fourth-order valence-electron chi connectivity index (χ4n) is 4.55. The Morgan fingerprint density at radius 3 is 2.55 bits per heavy atom. The zero-order valence-corrected chi connectivity index (χ0v) is 19.3. The van der Waals surface area contributed by atoms with Crippen LogP contribution in [0.3, 0.4) is 0 Å². The van der Waals surface area contributed by atoms with Crippen LogP contribution < -0.4 is 14.8 Å². The summed E-state index contributed by atoms with van der Waals surface area (Å²) in [5.74, 6) is 1.12. The number of methoxy groups -OCH3 is 2. The maximum atomic E-state index is 12.5. The van der Waals surface area contributed by atoms with Gasteiger partial charge >= 0.3 is 6.09 Å². The second kappa shape index (κ2) is 9.74. The van der Waals surface area contributed by atoms with Crippen molar-refractivity contribution < 1.29 is 28.5 Å². The van der Waals surface area contributed by atoms with Crippen molar-refractivity contribution in [2.45, 2.75) is 60.4 Å². The molecule has 2 saturated heterocycles. The lowest BCUT2D eigenvalue weighted by atomic mass is 10.1. The second-order valence-electron chi connectivity index (χ2n) is 8.26. The largest absolute Gasteiger partial charge is 0.497 e. The van der Waals surface area contributed by atoms with Crippen molar-refractivity contribution in [1.29, 1.82) is 0 Å². The highest BCUT2D eigenvalue weighted by Crippen LogP contribution is 2.39. The summed E-state index contributed by atoms with van der Waals surface area (Å²) in [5.41, 5.74) is 0.499. The Morgan fingerprint density at radius 1 is 1.09 bits per heavy atom. The van der Waals surface area contributed by atoms with E-state index in [0.717, 1.165) is 5.16 Å². The molecule has 12 heteroatoms. The molecule has 2 aliphatic heterocycles. The summed E-state index contributed by atoms with van der Waals surface area (Å²) in [5, 5.41) is 16.4. The van der Waals surface area contributed by atoms with Crippen LogP contribution in [0.15, 0.2) is 23.4 Å². The van der Waals surface area contributed by atoms with Crippen LogP contribution in [0.2, 0.25) is 0 Å². The van der Waals surface area contributed by atoms with Gasteiger partial charge in [-0.25, -0.2) is 9.48 Å². The predicted octanol–water partition coefficient (Wildman–Crippen LogP) is 2.68. The summed E-state index contributed by atoms with van der Waals surface area (Å²) in [4.78, 5) is 12.5. The Morgan fingerprint density at radius 2 is 1.82 bits per heavy atom. The van der Waals surface area contributed by atoms with E-state index < -0.39 is 12.2 Å². The third-order valence-corrected chi connectivity index (χ3v) is 7.47. The number of tetrazole rings is 1. The van der Waals surface area contributed by atoms with Crippen molar-refractivity contribution in [2.24, 2.45) is 0 Å². The first-order valence-corrected chi connectivity index (χ1v) is 11.9. The number of nitrogens with zero attached hydrogens (tertiary/aromatic N) is 4. The molecule has 0 spiro atoms. The quantitative estimate of drug-likeness (QED) is 0.637. The number of aromatic nitrogens is 4. The van der Waals surface area contributed by atoms with Crippen LogP contribution in [0, 0.1) is 0 Å². The van der Waals surface area contributed by atoms with Gasteiger partial charge in [-0.1, -0.05) is 24.6 Å². The van der Waals surface area contributed by atoms with Gasteiger partial charge in [-0.3, -0.25) is 5.32 Å². The molecule has 3 heterocycles. The highest BCUT2D eigenvalue weighted by Gasteiger charge is 2.51. The third-order valence-electron chi connectivity index (χ3n) is 6.19. The zero-order valence-electron chi connectivity index (χ0n) is 18.5. The van der Waals surface area contributed by atoms with Crippen molar-refractivity contribution in [3.8, 4) is 11.5 Å². The molecule has 0 unspecified atom stereocenters. The van der Waals surface area contributed by atoms with Crippen molar-refractivity contribution in [1.82, 2.24) is 20.2 Å². The minimum absolute atomic E-state index is 0.159. The number of benzene rings is 1. The predicted molar refractivity (Wildman–Crippen MR) is 118 cm³/mol. The Kier molecular flexibility index (Phi) is 6.56. The number of rotatable bonds is 7. The molecule has 178 valence electrons. The first kappa shape index (κ1) is 22.2. The third kappa shape index (κ3) is 4.73. The van der Waals surface area contributed by atoms with Gasteiger partial charge in [-0.05, 0) is 23.3 Å². The van der Waals surface area contributed by atoms with Gasteiger partial charge in [-0.2, -0.15) is 0 Å². The smallest absolute Gasteiger partial charge is 0.412 e. The first-order chi connectivity index (χ1) is 16.1. The molecule has 1 aromatic heterocycles. The molecular weight excluding hydrogens is 450 g/mol. The van der Waals surface area contributed by atoms with Crippen LogP contribution in [0.5, 0.6) is 11.5 Å². The number of thioether (sulfide) groups is 1. The van der Waals surface area contributed by atoms with Gasteiger partial charge in [0.1, 0.15) is 29.7 Å². The van der Waals surface area contributed by atoms with Crippen molar-refractivity contribution in [3.05, 3.63) is 18.2 Å². The summed E-state index contributed by atoms with van der Waals surface area (Å²) >= 11 is 1.72. The molecular formula is C21H27N5O6S. The molecule has 11 nitrogen and oxygen atoms in total. The average molecular weight is 478 g/mol. The zero-order chi connectivity index (χ0) is 22.8. The standard InChI is InChI=1S/C21H27N5O6S/c1-28-13-7-12(8-14(9-13)29-2)22-21(27)32-17-11-31-18-16(10-30-19(17)18)26-20(23-24-25-26)33-15-5-3-4-6-15/h7-9,15-19H,3-6,10-11H2,1-2H3,(H,22,27)/t16-,17+,18+,19+/m0/s1. The van der Waals surface area contributed by atoms with Gasteiger partial charge < -0.3 is 23.7 Å². The summed E-state index contributed by atoms with van der Waals surface area (Å²) < 4.78 is 29.9. The number of carbonyl (C=O) groups excluding carboxylic acids is 1. The molecule has 1 amide bonds. The molecule has 5 rings (SSSR count). The van der Waals surface area contributed by atoms with E-state index in [1.165, 1.54) is 25.7 Å². The normalized spacial score (nSPS) is 26.8. The molecule has 2 aromatic rings. The maximum absolute atomic E-state index is 12.5. The SMILES string of the molecule is COc1cc(NC(=O)O[C@@H]2CO[C@H]3[C@@H]2OC[C@@H]3n2nnnc2SC2CCCC2)cc(OC)c1. The number of hydrogen-bond acceptors (Lipinski definition) is 10. The number of hydrogen-bond donors (Lipinski definition) is 1. The molecule has 0 radical (unpaired) electrons. The number of amides is 1. The van der Waals surface area contributed by atoms with E-state index in [9.17, 15) is 4.79 Å². The molecule has 33 heavy (non-hydrogen) atoms. The molecule has 3 aliphatic rings. The Bertz CT molecular complexity index is 962. The molecule has 3 fully saturated rings. The highest BCUT2D eigenvalue weighted by molar-refractivity contribution is 7.99. The number of ether oxygens (including phenoxy) is 5. The lowest BCUT2D eigenvalue weighted by Gasteiger charge is -2.18. The van der Waals surface area contributed by atoms with E-state index in [4.69, 9.17) is 23.7 Å². The number of anilines is 1. The molecule has 4 atom stereocenters. The van der Waals surface area contributed by atoms with E-state index >= 15 is 0 Å². The average Bonchev–Trinajstić information content (AvgIpc) is 3.60. The van der Waals surface area contributed by atoms with E-state index in [0.29, 0.717) is 29.0 Å².